The molecule has 5 nitrogen and oxygen atoms in total. The zero-order valence-corrected chi connectivity index (χ0v) is 11.9. The van der Waals surface area contributed by atoms with Crippen molar-refractivity contribution in [3.05, 3.63) is 54.4 Å². The third-order valence-electron chi connectivity index (χ3n) is 3.38. The molecule has 0 bridgehead atoms. The van der Waals surface area contributed by atoms with Gasteiger partial charge in [-0.1, -0.05) is 12.1 Å². The van der Waals surface area contributed by atoms with Crippen molar-refractivity contribution in [1.82, 2.24) is 15.0 Å². The molecule has 106 valence electrons. The predicted octanol–water partition coefficient (Wildman–Crippen LogP) is 2.63. The molecule has 2 N–H and O–H groups in total. The van der Waals surface area contributed by atoms with Crippen LogP contribution in [0.4, 0.5) is 11.5 Å². The molecule has 0 aliphatic heterocycles. The van der Waals surface area contributed by atoms with Crippen molar-refractivity contribution >= 4 is 22.7 Å². The zero-order valence-electron chi connectivity index (χ0n) is 11.9. The van der Waals surface area contributed by atoms with Crippen LogP contribution < -0.4 is 10.6 Å². The summed E-state index contributed by atoms with van der Waals surface area (Å²) in [5.74, 6) is 0.905. The fraction of sp³-hybridized carbons (Fsp3) is 0.188. The molecule has 2 heterocycles. The molecule has 0 fully saturated rings. The van der Waals surface area contributed by atoms with Crippen LogP contribution in [0.3, 0.4) is 0 Å². The largest absolute Gasteiger partial charge is 0.399 e. The predicted molar refractivity (Wildman–Crippen MR) is 84.9 cm³/mol. The van der Waals surface area contributed by atoms with Crippen molar-refractivity contribution in [3.8, 4) is 0 Å². The zero-order chi connectivity index (χ0) is 14.7. The molecule has 1 aromatic carbocycles. The number of hydrogen-bond donors (Lipinski definition) is 1. The highest BCUT2D eigenvalue weighted by atomic mass is 15.2. The maximum Gasteiger partial charge on any atom is 0.180 e. The molecule has 2 aromatic heterocycles. The minimum atomic E-state index is 0.672. The van der Waals surface area contributed by atoms with Gasteiger partial charge in [0, 0.05) is 31.2 Å². The van der Waals surface area contributed by atoms with Crippen molar-refractivity contribution in [2.24, 2.45) is 0 Å². The van der Waals surface area contributed by atoms with E-state index in [1.165, 1.54) is 5.56 Å². The normalized spacial score (nSPS) is 10.7. The second-order valence-electron chi connectivity index (χ2n) is 4.82. The van der Waals surface area contributed by atoms with Gasteiger partial charge in [0.15, 0.2) is 5.65 Å². The molecule has 3 aromatic rings. The Labute approximate surface area is 123 Å². The second kappa shape index (κ2) is 5.75. The Morgan fingerprint density at radius 3 is 2.52 bits per heavy atom. The summed E-state index contributed by atoms with van der Waals surface area (Å²) < 4.78 is 0. The fourth-order valence-electron chi connectivity index (χ4n) is 2.22. The molecule has 0 spiro atoms. The molecule has 0 saturated carbocycles. The van der Waals surface area contributed by atoms with Gasteiger partial charge in [-0.25, -0.2) is 9.97 Å². The van der Waals surface area contributed by atoms with E-state index in [4.69, 9.17) is 5.73 Å². The number of nitrogens with zero attached hydrogens (tertiary/aromatic N) is 4. The summed E-state index contributed by atoms with van der Waals surface area (Å²) >= 11 is 0. The number of fused-ring (bicyclic) bond motifs is 1. The Bertz CT molecular complexity index is 739. The van der Waals surface area contributed by atoms with E-state index >= 15 is 0 Å². The van der Waals surface area contributed by atoms with Gasteiger partial charge in [-0.15, -0.1) is 0 Å². The number of hydrogen-bond acceptors (Lipinski definition) is 5. The Kier molecular flexibility index (Phi) is 3.64. The Morgan fingerprint density at radius 2 is 1.76 bits per heavy atom. The summed E-state index contributed by atoms with van der Waals surface area (Å²) in [5, 5.41) is 0. The van der Waals surface area contributed by atoms with E-state index in [9.17, 15) is 0 Å². The number of rotatable bonds is 4. The quantitative estimate of drug-likeness (QED) is 0.744. The number of nitrogen functional groups attached to an aromatic ring is 1. The maximum atomic E-state index is 5.72. The second-order valence-corrected chi connectivity index (χ2v) is 4.82. The standard InChI is InChI=1S/C16H17N5/c1-2-21(11-12-3-5-13(17)6-4-12)15-8-7-14-16(20-15)19-10-9-18-14/h3-10H,2,11,17H2,1H3. The number of anilines is 2. The summed E-state index contributed by atoms with van der Waals surface area (Å²) in [6.07, 6.45) is 3.34. The molecule has 0 unspecified atom stereocenters. The van der Waals surface area contributed by atoms with Crippen molar-refractivity contribution in [1.29, 1.82) is 0 Å². The third-order valence-corrected chi connectivity index (χ3v) is 3.38. The van der Waals surface area contributed by atoms with Crippen molar-refractivity contribution in [2.75, 3.05) is 17.2 Å². The van der Waals surface area contributed by atoms with Gasteiger partial charge in [0.2, 0.25) is 0 Å². The topological polar surface area (TPSA) is 67.9 Å². The van der Waals surface area contributed by atoms with Crippen LogP contribution in [0, 0.1) is 0 Å². The molecule has 0 atom stereocenters. The van der Waals surface area contributed by atoms with Gasteiger partial charge in [-0.05, 0) is 36.8 Å². The summed E-state index contributed by atoms with van der Waals surface area (Å²) in [4.78, 5) is 15.3. The molecule has 0 radical (unpaired) electrons. The molecule has 3 rings (SSSR count). The first-order valence-electron chi connectivity index (χ1n) is 6.93. The Morgan fingerprint density at radius 1 is 1.00 bits per heavy atom. The van der Waals surface area contributed by atoms with Gasteiger partial charge in [-0.3, -0.25) is 4.98 Å². The van der Waals surface area contributed by atoms with Crippen LogP contribution in [-0.2, 0) is 6.54 Å². The summed E-state index contributed by atoms with van der Waals surface area (Å²) in [6, 6.07) is 11.9. The first kappa shape index (κ1) is 13.3. The summed E-state index contributed by atoms with van der Waals surface area (Å²) in [6.45, 7) is 3.76. The number of pyridine rings is 1. The van der Waals surface area contributed by atoms with Gasteiger partial charge in [0.25, 0.3) is 0 Å². The Hall–Kier alpha value is -2.69. The van der Waals surface area contributed by atoms with Gasteiger partial charge < -0.3 is 10.6 Å². The lowest BCUT2D eigenvalue weighted by Crippen LogP contribution is -2.23. The number of benzene rings is 1. The molecule has 0 saturated heterocycles. The first-order chi connectivity index (χ1) is 10.3. The number of aromatic nitrogens is 3. The Balaban J connectivity index is 1.88. The van der Waals surface area contributed by atoms with E-state index in [0.717, 1.165) is 30.1 Å². The van der Waals surface area contributed by atoms with Crippen molar-refractivity contribution in [3.63, 3.8) is 0 Å². The lowest BCUT2D eigenvalue weighted by atomic mass is 10.2. The van der Waals surface area contributed by atoms with Crippen LogP contribution in [-0.4, -0.2) is 21.5 Å². The average molecular weight is 279 g/mol. The molecular formula is C16H17N5. The van der Waals surface area contributed by atoms with Crippen LogP contribution in [0.1, 0.15) is 12.5 Å². The molecule has 21 heavy (non-hydrogen) atoms. The smallest absolute Gasteiger partial charge is 0.180 e. The first-order valence-corrected chi connectivity index (χ1v) is 6.93. The lowest BCUT2D eigenvalue weighted by molar-refractivity contribution is 0.816. The molecule has 0 aliphatic carbocycles. The highest BCUT2D eigenvalue weighted by Crippen LogP contribution is 2.18. The lowest BCUT2D eigenvalue weighted by Gasteiger charge is -2.22. The summed E-state index contributed by atoms with van der Waals surface area (Å²) in [5.41, 5.74) is 9.18. The fourth-order valence-corrected chi connectivity index (χ4v) is 2.22. The van der Waals surface area contributed by atoms with Gasteiger partial charge in [0.05, 0.1) is 0 Å². The van der Waals surface area contributed by atoms with Crippen molar-refractivity contribution < 1.29 is 0 Å². The van der Waals surface area contributed by atoms with Crippen LogP contribution in [0.2, 0.25) is 0 Å². The van der Waals surface area contributed by atoms with Crippen LogP contribution in [0.15, 0.2) is 48.8 Å². The van der Waals surface area contributed by atoms with E-state index in [1.807, 2.05) is 36.4 Å². The van der Waals surface area contributed by atoms with Gasteiger partial charge in [-0.2, -0.15) is 0 Å². The minimum Gasteiger partial charge on any atom is -0.399 e. The molecule has 0 aliphatic rings. The van der Waals surface area contributed by atoms with E-state index < -0.39 is 0 Å². The summed E-state index contributed by atoms with van der Waals surface area (Å²) in [7, 11) is 0. The van der Waals surface area contributed by atoms with E-state index in [1.54, 1.807) is 12.4 Å². The van der Waals surface area contributed by atoms with E-state index in [-0.39, 0.29) is 0 Å². The van der Waals surface area contributed by atoms with Crippen molar-refractivity contribution in [2.45, 2.75) is 13.5 Å². The highest BCUT2D eigenvalue weighted by Gasteiger charge is 2.08. The van der Waals surface area contributed by atoms with Crippen LogP contribution >= 0.6 is 0 Å². The highest BCUT2D eigenvalue weighted by molar-refractivity contribution is 5.71. The van der Waals surface area contributed by atoms with Gasteiger partial charge >= 0.3 is 0 Å². The molecular weight excluding hydrogens is 262 g/mol. The monoisotopic (exact) mass is 279 g/mol. The minimum absolute atomic E-state index is 0.672. The van der Waals surface area contributed by atoms with E-state index in [2.05, 4.69) is 26.8 Å². The third kappa shape index (κ3) is 2.91. The SMILES string of the molecule is CCN(Cc1ccc(N)cc1)c1ccc2nccnc2n1. The van der Waals surface area contributed by atoms with E-state index in [0.29, 0.717) is 5.65 Å². The average Bonchev–Trinajstić information content (AvgIpc) is 2.54. The maximum absolute atomic E-state index is 5.72. The number of nitrogens with two attached hydrogens (primary N) is 1. The van der Waals surface area contributed by atoms with Gasteiger partial charge in [0.1, 0.15) is 11.3 Å². The van der Waals surface area contributed by atoms with Crippen LogP contribution in [0.5, 0.6) is 0 Å². The molecule has 0 amide bonds. The molecule has 5 heteroatoms. The van der Waals surface area contributed by atoms with Crippen LogP contribution in [0.25, 0.3) is 11.2 Å².